The molecule has 1 aromatic heterocycles. The Balaban J connectivity index is 2.23. The van der Waals surface area contributed by atoms with Crippen LogP contribution >= 0.6 is 0 Å². The molecule has 0 bridgehead atoms. The summed E-state index contributed by atoms with van der Waals surface area (Å²) >= 11 is 0. The first-order valence-corrected chi connectivity index (χ1v) is 5.88. The summed E-state index contributed by atoms with van der Waals surface area (Å²) in [6.45, 7) is 4.90. The molecule has 2 heterocycles. The molecule has 0 aromatic carbocycles. The Morgan fingerprint density at radius 1 is 1.50 bits per heavy atom. The molecule has 2 atom stereocenters. The highest BCUT2D eigenvalue weighted by Crippen LogP contribution is 2.27. The number of anilines is 1. The lowest BCUT2D eigenvalue weighted by atomic mass is 9.99. The average Bonchev–Trinajstić information content (AvgIpc) is 2.70. The summed E-state index contributed by atoms with van der Waals surface area (Å²) in [6, 6.07) is 1.75. The molecule has 1 aliphatic rings. The Kier molecular flexibility index (Phi) is 3.36. The lowest BCUT2D eigenvalue weighted by Crippen LogP contribution is -2.24. The molecule has 1 saturated heterocycles. The van der Waals surface area contributed by atoms with Crippen LogP contribution in [0.4, 0.5) is 5.95 Å². The van der Waals surface area contributed by atoms with E-state index in [1.54, 1.807) is 13.2 Å². The summed E-state index contributed by atoms with van der Waals surface area (Å²) in [5.74, 6) is 0.0220. The van der Waals surface area contributed by atoms with E-state index in [1.165, 1.54) is 0 Å². The summed E-state index contributed by atoms with van der Waals surface area (Å²) in [5.41, 5.74) is 0.809. The van der Waals surface area contributed by atoms with Gasteiger partial charge in [0.2, 0.25) is 11.8 Å². The lowest BCUT2D eigenvalue weighted by Gasteiger charge is -2.16. The number of rotatable bonds is 3. The zero-order valence-corrected chi connectivity index (χ0v) is 10.8. The molecule has 0 saturated carbocycles. The molecule has 2 unspecified atom stereocenters. The smallest absolute Gasteiger partial charge is 0.308 e. The number of carbonyl (C=O) groups is 1. The van der Waals surface area contributed by atoms with E-state index < -0.39 is 5.97 Å². The van der Waals surface area contributed by atoms with Gasteiger partial charge in [-0.25, -0.2) is 4.98 Å². The van der Waals surface area contributed by atoms with E-state index in [4.69, 9.17) is 9.84 Å². The van der Waals surface area contributed by atoms with Gasteiger partial charge in [0.25, 0.3) is 0 Å². The molecule has 1 fully saturated rings. The van der Waals surface area contributed by atoms with E-state index in [9.17, 15) is 4.79 Å². The van der Waals surface area contributed by atoms with Gasteiger partial charge in [-0.1, -0.05) is 6.92 Å². The molecule has 98 valence electrons. The van der Waals surface area contributed by atoms with E-state index in [0.29, 0.717) is 24.9 Å². The molecule has 6 heteroatoms. The molecule has 2 rings (SSSR count). The minimum absolute atomic E-state index is 0.0950. The van der Waals surface area contributed by atoms with Crippen molar-refractivity contribution in [2.75, 3.05) is 25.1 Å². The van der Waals surface area contributed by atoms with E-state index in [1.807, 2.05) is 18.7 Å². The molecule has 1 aromatic rings. The van der Waals surface area contributed by atoms with Crippen LogP contribution in [0.25, 0.3) is 0 Å². The number of hydrogen-bond acceptors (Lipinski definition) is 5. The molecule has 18 heavy (non-hydrogen) atoms. The van der Waals surface area contributed by atoms with Crippen LogP contribution in [-0.2, 0) is 4.79 Å². The maximum Gasteiger partial charge on any atom is 0.308 e. The van der Waals surface area contributed by atoms with E-state index >= 15 is 0 Å². The Bertz CT molecular complexity index is 464. The van der Waals surface area contributed by atoms with Crippen LogP contribution in [0, 0.1) is 18.8 Å². The SMILES string of the molecule is COc1cc(C)nc(N2CC(C)C(C(=O)O)C2)n1. The number of aromatic nitrogens is 2. The maximum atomic E-state index is 11.1. The van der Waals surface area contributed by atoms with Crippen molar-refractivity contribution in [3.05, 3.63) is 11.8 Å². The van der Waals surface area contributed by atoms with Crippen molar-refractivity contribution in [1.82, 2.24) is 9.97 Å². The summed E-state index contributed by atoms with van der Waals surface area (Å²) in [5, 5.41) is 9.11. The number of nitrogens with zero attached hydrogens (tertiary/aromatic N) is 3. The highest BCUT2D eigenvalue weighted by atomic mass is 16.5. The molecule has 0 radical (unpaired) electrons. The Morgan fingerprint density at radius 3 is 2.78 bits per heavy atom. The fraction of sp³-hybridized carbons (Fsp3) is 0.583. The predicted molar refractivity (Wildman–Crippen MR) is 65.8 cm³/mol. The van der Waals surface area contributed by atoms with E-state index in [-0.39, 0.29) is 11.8 Å². The number of carboxylic acids is 1. The number of ether oxygens (including phenoxy) is 1. The van der Waals surface area contributed by atoms with Gasteiger partial charge >= 0.3 is 5.97 Å². The molecular formula is C12H17N3O3. The van der Waals surface area contributed by atoms with Gasteiger partial charge in [-0.2, -0.15) is 4.98 Å². The minimum atomic E-state index is -0.760. The van der Waals surface area contributed by atoms with Crippen LogP contribution in [0.3, 0.4) is 0 Å². The van der Waals surface area contributed by atoms with Crippen LogP contribution in [0.1, 0.15) is 12.6 Å². The summed E-state index contributed by atoms with van der Waals surface area (Å²) < 4.78 is 5.10. The lowest BCUT2D eigenvalue weighted by molar-refractivity contribution is -0.142. The van der Waals surface area contributed by atoms with Crippen molar-refractivity contribution in [3.63, 3.8) is 0 Å². The number of carboxylic acid groups (broad SMARTS) is 1. The predicted octanol–water partition coefficient (Wildman–Crippen LogP) is 0.951. The van der Waals surface area contributed by atoms with Crippen molar-refractivity contribution in [1.29, 1.82) is 0 Å². The summed E-state index contributed by atoms with van der Waals surface area (Å²) in [7, 11) is 1.55. The Hall–Kier alpha value is -1.85. The van der Waals surface area contributed by atoms with E-state index in [2.05, 4.69) is 9.97 Å². The second-order valence-electron chi connectivity index (χ2n) is 4.68. The Morgan fingerprint density at radius 2 is 2.22 bits per heavy atom. The fourth-order valence-electron chi connectivity index (χ4n) is 2.22. The molecule has 6 nitrogen and oxygen atoms in total. The van der Waals surface area contributed by atoms with Crippen LogP contribution < -0.4 is 9.64 Å². The molecular weight excluding hydrogens is 234 g/mol. The first kappa shape index (κ1) is 12.6. The topological polar surface area (TPSA) is 75.5 Å². The van der Waals surface area contributed by atoms with Gasteiger partial charge in [0.15, 0.2) is 0 Å². The normalized spacial score (nSPS) is 23.2. The van der Waals surface area contributed by atoms with Gasteiger partial charge in [-0.15, -0.1) is 0 Å². The van der Waals surface area contributed by atoms with Gasteiger partial charge in [-0.05, 0) is 12.8 Å². The third kappa shape index (κ3) is 2.37. The highest BCUT2D eigenvalue weighted by molar-refractivity contribution is 5.72. The number of aryl methyl sites for hydroxylation is 1. The summed E-state index contributed by atoms with van der Waals surface area (Å²) in [4.78, 5) is 21.6. The third-order valence-electron chi connectivity index (χ3n) is 3.24. The zero-order valence-electron chi connectivity index (χ0n) is 10.8. The van der Waals surface area contributed by atoms with E-state index in [0.717, 1.165) is 5.69 Å². The van der Waals surface area contributed by atoms with Crippen LogP contribution in [0.15, 0.2) is 6.07 Å². The monoisotopic (exact) mass is 251 g/mol. The number of aliphatic carboxylic acids is 1. The molecule has 1 N–H and O–H groups in total. The van der Waals surface area contributed by atoms with Crippen molar-refractivity contribution in [2.24, 2.45) is 11.8 Å². The van der Waals surface area contributed by atoms with Gasteiger partial charge in [0.05, 0.1) is 13.0 Å². The Labute approximate surface area is 106 Å². The van der Waals surface area contributed by atoms with Gasteiger partial charge in [0.1, 0.15) is 0 Å². The largest absolute Gasteiger partial charge is 0.481 e. The van der Waals surface area contributed by atoms with Crippen molar-refractivity contribution >= 4 is 11.9 Å². The van der Waals surface area contributed by atoms with Gasteiger partial charge < -0.3 is 14.7 Å². The molecule has 0 amide bonds. The first-order chi connectivity index (χ1) is 8.51. The van der Waals surface area contributed by atoms with Crippen LogP contribution in [0.5, 0.6) is 5.88 Å². The van der Waals surface area contributed by atoms with Crippen LogP contribution in [0.2, 0.25) is 0 Å². The van der Waals surface area contributed by atoms with Crippen LogP contribution in [-0.4, -0.2) is 41.2 Å². The minimum Gasteiger partial charge on any atom is -0.481 e. The molecule has 0 aliphatic carbocycles. The second-order valence-corrected chi connectivity index (χ2v) is 4.68. The number of methoxy groups -OCH3 is 1. The van der Waals surface area contributed by atoms with Gasteiger partial charge in [-0.3, -0.25) is 4.79 Å². The van der Waals surface area contributed by atoms with Crippen molar-refractivity contribution in [2.45, 2.75) is 13.8 Å². The quantitative estimate of drug-likeness (QED) is 0.862. The second kappa shape index (κ2) is 4.80. The average molecular weight is 251 g/mol. The molecule has 0 spiro atoms. The third-order valence-corrected chi connectivity index (χ3v) is 3.24. The highest BCUT2D eigenvalue weighted by Gasteiger charge is 2.36. The van der Waals surface area contributed by atoms with Crippen molar-refractivity contribution in [3.8, 4) is 5.88 Å². The first-order valence-electron chi connectivity index (χ1n) is 5.88. The fourth-order valence-corrected chi connectivity index (χ4v) is 2.22. The zero-order chi connectivity index (χ0) is 13.3. The summed E-state index contributed by atoms with van der Waals surface area (Å²) in [6.07, 6.45) is 0. The standard InChI is InChI=1S/C12H17N3O3/c1-7-5-15(6-9(7)11(16)17)12-13-8(2)4-10(14-12)18-3/h4,7,9H,5-6H2,1-3H3,(H,16,17). The molecule has 1 aliphatic heterocycles. The maximum absolute atomic E-state index is 11.1. The number of hydrogen-bond donors (Lipinski definition) is 1. The van der Waals surface area contributed by atoms with Crippen molar-refractivity contribution < 1.29 is 14.6 Å². The van der Waals surface area contributed by atoms with Gasteiger partial charge in [0, 0.05) is 24.8 Å².